The van der Waals surface area contributed by atoms with Crippen molar-refractivity contribution in [2.75, 3.05) is 5.32 Å². The van der Waals surface area contributed by atoms with E-state index in [1.54, 1.807) is 6.07 Å². The first-order valence-electron chi connectivity index (χ1n) is 6.06. The Bertz CT molecular complexity index is 658. The van der Waals surface area contributed by atoms with E-state index < -0.39 is 5.82 Å². The molecule has 0 aliphatic heterocycles. The highest BCUT2D eigenvalue weighted by Crippen LogP contribution is 2.25. The van der Waals surface area contributed by atoms with Gasteiger partial charge in [-0.2, -0.15) is 0 Å². The third-order valence-corrected chi connectivity index (χ3v) is 4.19. The van der Waals surface area contributed by atoms with Crippen LogP contribution in [-0.4, -0.2) is 5.91 Å². The molecular weight excluding hydrogens is 389 g/mol. The molecule has 5 heteroatoms. The molecule has 0 heterocycles. The Hall–Kier alpha value is -1.20. The molecule has 2 aromatic rings. The molecule has 0 bridgehead atoms. The van der Waals surface area contributed by atoms with E-state index in [9.17, 15) is 9.18 Å². The lowest BCUT2D eigenvalue weighted by Crippen LogP contribution is -2.14. The Kier molecular flexibility index (Phi) is 4.94. The molecule has 20 heavy (non-hydrogen) atoms. The Balaban J connectivity index is 2.30. The van der Waals surface area contributed by atoms with Gasteiger partial charge in [0.05, 0.1) is 10.0 Å². The van der Waals surface area contributed by atoms with Crippen LogP contribution in [0.5, 0.6) is 0 Å². The molecule has 104 valence electrons. The number of rotatable bonds is 3. The number of hydrogen-bond acceptors (Lipinski definition) is 1. The van der Waals surface area contributed by atoms with E-state index in [2.05, 4.69) is 37.2 Å². The van der Waals surface area contributed by atoms with Gasteiger partial charge in [-0.05, 0) is 58.2 Å². The van der Waals surface area contributed by atoms with Crippen molar-refractivity contribution in [2.24, 2.45) is 0 Å². The summed E-state index contributed by atoms with van der Waals surface area (Å²) in [6.07, 6.45) is 0.791. The molecule has 1 N–H and O–H groups in total. The van der Waals surface area contributed by atoms with Crippen molar-refractivity contribution in [1.29, 1.82) is 0 Å². The molecule has 0 aromatic heterocycles. The van der Waals surface area contributed by atoms with Gasteiger partial charge in [-0.15, -0.1) is 0 Å². The van der Waals surface area contributed by atoms with Crippen LogP contribution in [0.2, 0.25) is 0 Å². The molecule has 2 nitrogen and oxygen atoms in total. The summed E-state index contributed by atoms with van der Waals surface area (Å²) in [5, 5.41) is 2.82. The lowest BCUT2D eigenvalue weighted by molar-refractivity contribution is 0.102. The first kappa shape index (κ1) is 15.2. The van der Waals surface area contributed by atoms with Crippen molar-refractivity contribution in [3.05, 3.63) is 62.3 Å². The van der Waals surface area contributed by atoms with Gasteiger partial charge < -0.3 is 5.32 Å². The summed E-state index contributed by atoms with van der Waals surface area (Å²) in [5.41, 5.74) is 2.02. The number of amides is 1. The first-order chi connectivity index (χ1) is 9.52. The number of hydrogen-bond donors (Lipinski definition) is 1. The molecule has 0 radical (unpaired) electrons. The zero-order valence-electron chi connectivity index (χ0n) is 10.7. The fourth-order valence-corrected chi connectivity index (χ4v) is 2.70. The van der Waals surface area contributed by atoms with Crippen LogP contribution in [0.3, 0.4) is 0 Å². The van der Waals surface area contributed by atoms with Crippen LogP contribution in [-0.2, 0) is 6.42 Å². The van der Waals surface area contributed by atoms with Crippen molar-refractivity contribution in [2.45, 2.75) is 13.3 Å². The highest BCUT2D eigenvalue weighted by molar-refractivity contribution is 9.10. The van der Waals surface area contributed by atoms with Gasteiger partial charge >= 0.3 is 0 Å². The van der Waals surface area contributed by atoms with Gasteiger partial charge in [-0.3, -0.25) is 4.79 Å². The third kappa shape index (κ3) is 3.27. The predicted octanol–water partition coefficient (Wildman–Crippen LogP) is 5.17. The number of nitrogens with one attached hydrogen (secondary N) is 1. The van der Waals surface area contributed by atoms with Crippen molar-refractivity contribution < 1.29 is 9.18 Å². The van der Waals surface area contributed by atoms with Crippen molar-refractivity contribution in [3.8, 4) is 0 Å². The average molecular weight is 401 g/mol. The number of benzene rings is 2. The van der Waals surface area contributed by atoms with Gasteiger partial charge in [0, 0.05) is 10.2 Å². The van der Waals surface area contributed by atoms with Crippen LogP contribution >= 0.6 is 31.9 Å². The second-order valence-corrected chi connectivity index (χ2v) is 5.92. The largest absolute Gasteiger partial charge is 0.322 e. The molecule has 2 aromatic carbocycles. The topological polar surface area (TPSA) is 29.1 Å². The Morgan fingerprint density at radius 1 is 1.25 bits per heavy atom. The highest BCUT2D eigenvalue weighted by Gasteiger charge is 2.14. The summed E-state index contributed by atoms with van der Waals surface area (Å²) in [4.78, 5) is 12.2. The normalized spacial score (nSPS) is 10.4. The van der Waals surface area contributed by atoms with Crippen molar-refractivity contribution >= 4 is 43.5 Å². The third-order valence-electron chi connectivity index (χ3n) is 2.89. The van der Waals surface area contributed by atoms with Gasteiger partial charge in [0.1, 0.15) is 5.82 Å². The van der Waals surface area contributed by atoms with Crippen LogP contribution in [0.4, 0.5) is 10.1 Å². The molecule has 0 spiro atoms. The van der Waals surface area contributed by atoms with Crippen LogP contribution in [0.1, 0.15) is 22.8 Å². The maximum Gasteiger partial charge on any atom is 0.256 e. The van der Waals surface area contributed by atoms with Crippen molar-refractivity contribution in [3.63, 3.8) is 0 Å². The second kappa shape index (κ2) is 6.50. The second-order valence-electron chi connectivity index (χ2n) is 4.21. The molecule has 2 rings (SSSR count). The molecule has 0 aliphatic rings. The molecule has 0 fully saturated rings. The average Bonchev–Trinajstić information content (AvgIpc) is 2.43. The Morgan fingerprint density at radius 3 is 2.70 bits per heavy atom. The zero-order valence-corrected chi connectivity index (χ0v) is 13.9. The molecule has 0 saturated heterocycles. The zero-order chi connectivity index (χ0) is 14.7. The number of carbonyl (C=O) groups excluding carboxylic acids is 1. The lowest BCUT2D eigenvalue weighted by Gasteiger charge is -2.11. The fraction of sp³-hybridized carbons (Fsp3) is 0.133. The van der Waals surface area contributed by atoms with E-state index in [1.165, 1.54) is 12.1 Å². The molecule has 0 atom stereocenters. The molecule has 0 aliphatic carbocycles. The van der Waals surface area contributed by atoms with Gasteiger partial charge in [-0.1, -0.05) is 28.9 Å². The fourth-order valence-electron chi connectivity index (χ4n) is 1.85. The summed E-state index contributed by atoms with van der Waals surface area (Å²) in [6, 6.07) is 10.0. The molecule has 0 unspecified atom stereocenters. The summed E-state index contributed by atoms with van der Waals surface area (Å²) >= 11 is 6.50. The molecule has 0 saturated carbocycles. The lowest BCUT2D eigenvalue weighted by atomic mass is 10.1. The van der Waals surface area contributed by atoms with Gasteiger partial charge in [0.25, 0.3) is 5.91 Å². The summed E-state index contributed by atoms with van der Waals surface area (Å²) < 4.78 is 14.6. The van der Waals surface area contributed by atoms with Crippen LogP contribution in [0, 0.1) is 5.82 Å². The summed E-state index contributed by atoms with van der Waals surface area (Å²) in [6.45, 7) is 2.01. The van der Waals surface area contributed by atoms with E-state index in [-0.39, 0.29) is 15.9 Å². The SMILES string of the molecule is CCc1cc(Br)ccc1NC(=O)c1cccc(F)c1Br. The summed E-state index contributed by atoms with van der Waals surface area (Å²) in [7, 11) is 0. The minimum Gasteiger partial charge on any atom is -0.322 e. The number of anilines is 1. The van der Waals surface area contributed by atoms with E-state index >= 15 is 0 Å². The number of halogens is 3. The van der Waals surface area contributed by atoms with Crippen LogP contribution in [0.25, 0.3) is 0 Å². The van der Waals surface area contributed by atoms with Gasteiger partial charge in [0.2, 0.25) is 0 Å². The van der Waals surface area contributed by atoms with E-state index in [4.69, 9.17) is 0 Å². The highest BCUT2D eigenvalue weighted by atomic mass is 79.9. The minimum absolute atomic E-state index is 0.174. The Labute approximate surface area is 133 Å². The number of aryl methyl sites for hydroxylation is 1. The van der Waals surface area contributed by atoms with Crippen LogP contribution in [0.15, 0.2) is 45.3 Å². The predicted molar refractivity (Wildman–Crippen MR) is 85.6 cm³/mol. The van der Waals surface area contributed by atoms with E-state index in [1.807, 2.05) is 25.1 Å². The monoisotopic (exact) mass is 399 g/mol. The minimum atomic E-state index is -0.454. The van der Waals surface area contributed by atoms with Crippen LogP contribution < -0.4 is 5.32 Å². The quantitative estimate of drug-likeness (QED) is 0.756. The Morgan fingerprint density at radius 2 is 2.00 bits per heavy atom. The molecular formula is C15H12Br2FNO. The summed E-state index contributed by atoms with van der Waals surface area (Å²) in [5.74, 6) is -0.794. The smallest absolute Gasteiger partial charge is 0.256 e. The van der Waals surface area contributed by atoms with Gasteiger partial charge in [0.15, 0.2) is 0 Å². The van der Waals surface area contributed by atoms with E-state index in [0.29, 0.717) is 0 Å². The standard InChI is InChI=1S/C15H12Br2FNO/c1-2-9-8-10(16)6-7-13(9)19-15(20)11-4-3-5-12(18)14(11)17/h3-8H,2H2,1H3,(H,19,20). The first-order valence-corrected chi connectivity index (χ1v) is 7.65. The number of carbonyl (C=O) groups is 1. The maximum absolute atomic E-state index is 13.4. The maximum atomic E-state index is 13.4. The van der Waals surface area contributed by atoms with E-state index in [0.717, 1.165) is 22.1 Å². The molecule has 1 amide bonds. The van der Waals surface area contributed by atoms with Crippen molar-refractivity contribution in [1.82, 2.24) is 0 Å². The van der Waals surface area contributed by atoms with Gasteiger partial charge in [-0.25, -0.2) is 4.39 Å².